The Balaban J connectivity index is 2.62. The van der Waals surface area contributed by atoms with E-state index in [2.05, 4.69) is 5.32 Å². The Morgan fingerprint density at radius 2 is 2.00 bits per heavy atom. The molecule has 0 saturated heterocycles. The maximum absolute atomic E-state index is 13.2. The Kier molecular flexibility index (Phi) is 2.83. The standard InChI is InChI=1S/C10H17F2NO/c1-9(2,3)13-8(14)7-5-4-6-10(7,11)12/h7H,4-6H2,1-3H3,(H,13,14). The van der Waals surface area contributed by atoms with Crippen LogP contribution in [0, 0.1) is 5.92 Å². The highest BCUT2D eigenvalue weighted by molar-refractivity contribution is 5.80. The highest BCUT2D eigenvalue weighted by Gasteiger charge is 2.48. The molecule has 1 atom stereocenters. The second-order valence-electron chi connectivity index (χ2n) is 4.95. The fraction of sp³-hybridized carbons (Fsp3) is 0.900. The Morgan fingerprint density at radius 3 is 2.36 bits per heavy atom. The van der Waals surface area contributed by atoms with Crippen molar-refractivity contribution in [2.75, 3.05) is 0 Å². The van der Waals surface area contributed by atoms with Crippen LogP contribution in [0.1, 0.15) is 40.0 Å². The van der Waals surface area contributed by atoms with E-state index in [0.29, 0.717) is 12.8 Å². The molecule has 1 fully saturated rings. The molecule has 0 bridgehead atoms. The summed E-state index contributed by atoms with van der Waals surface area (Å²) in [5.74, 6) is -4.45. The number of halogens is 2. The molecular formula is C10H17F2NO. The molecule has 1 unspecified atom stereocenters. The maximum atomic E-state index is 13.2. The van der Waals surface area contributed by atoms with E-state index in [9.17, 15) is 13.6 Å². The summed E-state index contributed by atoms with van der Waals surface area (Å²) in [5, 5.41) is 2.60. The van der Waals surface area contributed by atoms with Gasteiger partial charge in [0.05, 0.1) is 0 Å². The van der Waals surface area contributed by atoms with E-state index in [1.54, 1.807) is 20.8 Å². The summed E-state index contributed by atoms with van der Waals surface area (Å²) in [4.78, 5) is 11.5. The first-order valence-corrected chi connectivity index (χ1v) is 4.92. The van der Waals surface area contributed by atoms with Crippen molar-refractivity contribution < 1.29 is 13.6 Å². The molecule has 0 aromatic heterocycles. The molecule has 0 heterocycles. The molecule has 0 aliphatic heterocycles. The van der Waals surface area contributed by atoms with E-state index in [0.717, 1.165) is 0 Å². The van der Waals surface area contributed by atoms with Crippen molar-refractivity contribution in [2.24, 2.45) is 5.92 Å². The van der Waals surface area contributed by atoms with Gasteiger partial charge >= 0.3 is 0 Å². The van der Waals surface area contributed by atoms with Crippen LogP contribution in [0.15, 0.2) is 0 Å². The van der Waals surface area contributed by atoms with Gasteiger partial charge in [0.15, 0.2) is 0 Å². The van der Waals surface area contributed by atoms with Crippen molar-refractivity contribution in [3.8, 4) is 0 Å². The first kappa shape index (κ1) is 11.4. The maximum Gasteiger partial charge on any atom is 0.259 e. The SMILES string of the molecule is CC(C)(C)NC(=O)C1CCCC1(F)F. The van der Waals surface area contributed by atoms with Gasteiger partial charge < -0.3 is 5.32 Å². The molecule has 0 aromatic carbocycles. The van der Waals surface area contributed by atoms with Crippen molar-refractivity contribution in [1.82, 2.24) is 5.32 Å². The fourth-order valence-electron chi connectivity index (χ4n) is 1.71. The third kappa shape index (κ3) is 2.66. The molecule has 1 aliphatic rings. The predicted octanol–water partition coefficient (Wildman–Crippen LogP) is 2.34. The van der Waals surface area contributed by atoms with E-state index in [1.165, 1.54) is 0 Å². The molecule has 1 amide bonds. The van der Waals surface area contributed by atoms with Gasteiger partial charge in [-0.3, -0.25) is 4.79 Å². The number of carbonyl (C=O) groups is 1. The average Bonchev–Trinajstić information content (AvgIpc) is 2.25. The lowest BCUT2D eigenvalue weighted by Crippen LogP contribution is -2.47. The largest absolute Gasteiger partial charge is 0.351 e. The molecule has 2 nitrogen and oxygen atoms in total. The third-order valence-corrected chi connectivity index (χ3v) is 2.33. The van der Waals surface area contributed by atoms with Gasteiger partial charge in [0.1, 0.15) is 5.92 Å². The quantitative estimate of drug-likeness (QED) is 0.699. The summed E-state index contributed by atoms with van der Waals surface area (Å²) in [6.45, 7) is 5.37. The van der Waals surface area contributed by atoms with E-state index < -0.39 is 23.3 Å². The van der Waals surface area contributed by atoms with Crippen LogP contribution in [0.2, 0.25) is 0 Å². The predicted molar refractivity (Wildman–Crippen MR) is 50.2 cm³/mol. The normalized spacial score (nSPS) is 26.2. The van der Waals surface area contributed by atoms with Gasteiger partial charge in [-0.15, -0.1) is 0 Å². The van der Waals surface area contributed by atoms with Crippen molar-refractivity contribution in [3.63, 3.8) is 0 Å². The molecule has 0 spiro atoms. The Labute approximate surface area is 83.1 Å². The molecule has 82 valence electrons. The van der Waals surface area contributed by atoms with Gasteiger partial charge in [-0.2, -0.15) is 0 Å². The summed E-state index contributed by atoms with van der Waals surface area (Å²) >= 11 is 0. The van der Waals surface area contributed by atoms with Crippen LogP contribution in [-0.4, -0.2) is 17.4 Å². The molecule has 1 rings (SSSR count). The zero-order chi connectivity index (χ0) is 11.0. The smallest absolute Gasteiger partial charge is 0.259 e. The van der Waals surface area contributed by atoms with E-state index in [4.69, 9.17) is 0 Å². The number of rotatable bonds is 1. The van der Waals surface area contributed by atoms with Crippen LogP contribution >= 0.6 is 0 Å². The van der Waals surface area contributed by atoms with Crippen LogP contribution in [0.5, 0.6) is 0 Å². The topological polar surface area (TPSA) is 29.1 Å². The Bertz CT molecular complexity index is 233. The summed E-state index contributed by atoms with van der Waals surface area (Å²) in [7, 11) is 0. The number of hydrogen-bond acceptors (Lipinski definition) is 1. The lowest BCUT2D eigenvalue weighted by molar-refractivity contribution is -0.137. The average molecular weight is 205 g/mol. The highest BCUT2D eigenvalue weighted by Crippen LogP contribution is 2.40. The second kappa shape index (κ2) is 3.48. The molecule has 1 aliphatic carbocycles. The van der Waals surface area contributed by atoms with Gasteiger partial charge in [0.2, 0.25) is 5.91 Å². The van der Waals surface area contributed by atoms with E-state index in [-0.39, 0.29) is 6.42 Å². The van der Waals surface area contributed by atoms with Crippen molar-refractivity contribution in [3.05, 3.63) is 0 Å². The number of alkyl halides is 2. The van der Waals surface area contributed by atoms with Crippen molar-refractivity contribution in [1.29, 1.82) is 0 Å². The number of nitrogens with one attached hydrogen (secondary N) is 1. The van der Waals surface area contributed by atoms with Crippen LogP contribution < -0.4 is 5.32 Å². The Morgan fingerprint density at radius 1 is 1.43 bits per heavy atom. The van der Waals surface area contributed by atoms with Gasteiger partial charge in [-0.1, -0.05) is 0 Å². The Hall–Kier alpha value is -0.670. The first-order valence-electron chi connectivity index (χ1n) is 4.92. The van der Waals surface area contributed by atoms with Crippen LogP contribution in [-0.2, 0) is 4.79 Å². The lowest BCUT2D eigenvalue weighted by atomic mass is 10.0. The molecule has 1 saturated carbocycles. The minimum atomic E-state index is -2.81. The third-order valence-electron chi connectivity index (χ3n) is 2.33. The number of carbonyl (C=O) groups excluding carboxylic acids is 1. The molecule has 14 heavy (non-hydrogen) atoms. The monoisotopic (exact) mass is 205 g/mol. The van der Waals surface area contributed by atoms with Crippen molar-refractivity contribution >= 4 is 5.91 Å². The minimum Gasteiger partial charge on any atom is -0.351 e. The zero-order valence-corrected chi connectivity index (χ0v) is 8.86. The van der Waals surface area contributed by atoms with Crippen LogP contribution in [0.3, 0.4) is 0 Å². The molecule has 0 aromatic rings. The first-order chi connectivity index (χ1) is 6.22. The summed E-state index contributed by atoms with van der Waals surface area (Å²) in [6, 6.07) is 0. The van der Waals surface area contributed by atoms with Gasteiger partial charge in [-0.25, -0.2) is 8.78 Å². The van der Waals surface area contributed by atoms with Crippen molar-refractivity contribution in [2.45, 2.75) is 51.5 Å². The van der Waals surface area contributed by atoms with Gasteiger partial charge in [-0.05, 0) is 33.6 Å². The number of amides is 1. The molecule has 1 N–H and O–H groups in total. The minimum absolute atomic E-state index is 0.158. The van der Waals surface area contributed by atoms with E-state index >= 15 is 0 Å². The molecular weight excluding hydrogens is 188 g/mol. The summed E-state index contributed by atoms with van der Waals surface area (Å²) < 4.78 is 26.3. The van der Waals surface area contributed by atoms with Crippen LogP contribution in [0.25, 0.3) is 0 Å². The lowest BCUT2D eigenvalue weighted by Gasteiger charge is -2.25. The number of hydrogen-bond donors (Lipinski definition) is 1. The molecule has 4 heteroatoms. The fourth-order valence-corrected chi connectivity index (χ4v) is 1.71. The van der Waals surface area contributed by atoms with E-state index in [1.807, 2.05) is 0 Å². The highest BCUT2D eigenvalue weighted by atomic mass is 19.3. The summed E-state index contributed by atoms with van der Waals surface area (Å²) in [6.07, 6.45) is 0.583. The van der Waals surface area contributed by atoms with Crippen LogP contribution in [0.4, 0.5) is 8.78 Å². The zero-order valence-electron chi connectivity index (χ0n) is 8.86. The summed E-state index contributed by atoms with van der Waals surface area (Å²) in [5.41, 5.74) is -0.435. The second-order valence-corrected chi connectivity index (χ2v) is 4.95. The molecule has 0 radical (unpaired) electrons. The van der Waals surface area contributed by atoms with Gasteiger partial charge in [0.25, 0.3) is 5.92 Å². The van der Waals surface area contributed by atoms with Gasteiger partial charge in [0, 0.05) is 12.0 Å².